The van der Waals surface area contributed by atoms with Gasteiger partial charge in [-0.1, -0.05) is 35.9 Å². The molecule has 2 aromatic carbocycles. The van der Waals surface area contributed by atoms with E-state index in [1.807, 2.05) is 24.0 Å². The standard InChI is InChI=1S/C22H19N3O7/c1-11-6-8-12(9-7-11)24-15(26)10-32-14-5-3-2-4-13(14)16-17(21(28)29)19(23)25-20(27)18(16)22(30)31/h2-9H,10H2,1H3,(H,24,26)(H,28,29)(H,30,31)(H3,23,25,27). The summed E-state index contributed by atoms with van der Waals surface area (Å²) in [6.07, 6.45) is 0. The fraction of sp³-hybridized carbons (Fsp3) is 0.0909. The Hall–Kier alpha value is -4.60. The first-order valence-corrected chi connectivity index (χ1v) is 9.30. The highest BCUT2D eigenvalue weighted by Crippen LogP contribution is 2.35. The largest absolute Gasteiger partial charge is 0.483 e. The third-order valence-electron chi connectivity index (χ3n) is 4.52. The Kier molecular flexibility index (Phi) is 6.24. The lowest BCUT2D eigenvalue weighted by atomic mass is 9.94. The van der Waals surface area contributed by atoms with Crippen LogP contribution in [0.4, 0.5) is 11.5 Å². The van der Waals surface area contributed by atoms with Gasteiger partial charge in [0, 0.05) is 16.8 Å². The minimum Gasteiger partial charge on any atom is -0.483 e. The second-order valence-corrected chi connectivity index (χ2v) is 6.80. The van der Waals surface area contributed by atoms with Crippen LogP contribution in [-0.2, 0) is 4.79 Å². The average Bonchev–Trinajstić information content (AvgIpc) is 2.73. The monoisotopic (exact) mass is 437 g/mol. The van der Waals surface area contributed by atoms with E-state index in [2.05, 4.69) is 5.32 Å². The normalized spacial score (nSPS) is 10.4. The Balaban J connectivity index is 1.99. The number of amides is 1. The van der Waals surface area contributed by atoms with Gasteiger partial charge in [0.05, 0.1) is 0 Å². The first-order valence-electron chi connectivity index (χ1n) is 9.30. The number of carbonyl (C=O) groups is 3. The van der Waals surface area contributed by atoms with Crippen molar-refractivity contribution in [2.24, 2.45) is 0 Å². The fourth-order valence-electron chi connectivity index (χ4n) is 3.09. The lowest BCUT2D eigenvalue weighted by molar-refractivity contribution is -0.118. The van der Waals surface area contributed by atoms with E-state index in [1.165, 1.54) is 18.2 Å². The first-order chi connectivity index (χ1) is 15.2. The number of carboxylic acid groups (broad SMARTS) is 2. The Morgan fingerprint density at radius 1 is 1.00 bits per heavy atom. The van der Waals surface area contributed by atoms with Gasteiger partial charge in [-0.05, 0) is 25.1 Å². The Morgan fingerprint density at radius 3 is 2.25 bits per heavy atom. The predicted molar refractivity (Wildman–Crippen MR) is 116 cm³/mol. The number of anilines is 2. The van der Waals surface area contributed by atoms with E-state index in [9.17, 15) is 29.4 Å². The molecule has 10 heteroatoms. The molecule has 6 N–H and O–H groups in total. The van der Waals surface area contributed by atoms with Gasteiger partial charge in [0.1, 0.15) is 22.7 Å². The van der Waals surface area contributed by atoms with Crippen molar-refractivity contribution in [1.82, 2.24) is 4.98 Å². The molecule has 0 aliphatic heterocycles. The summed E-state index contributed by atoms with van der Waals surface area (Å²) in [6.45, 7) is 1.46. The fourth-order valence-corrected chi connectivity index (χ4v) is 3.09. The van der Waals surface area contributed by atoms with Crippen LogP contribution in [0.2, 0.25) is 0 Å². The number of aryl methyl sites for hydroxylation is 1. The topological polar surface area (TPSA) is 172 Å². The summed E-state index contributed by atoms with van der Waals surface area (Å²) in [4.78, 5) is 50.1. The van der Waals surface area contributed by atoms with E-state index in [-0.39, 0.29) is 11.3 Å². The quantitative estimate of drug-likeness (QED) is 0.375. The van der Waals surface area contributed by atoms with Crippen LogP contribution in [-0.4, -0.2) is 39.6 Å². The summed E-state index contributed by atoms with van der Waals surface area (Å²) in [5, 5.41) is 21.8. The number of carbonyl (C=O) groups excluding carboxylic acids is 1. The maximum absolute atomic E-state index is 12.3. The number of H-pyrrole nitrogens is 1. The van der Waals surface area contributed by atoms with E-state index in [1.54, 1.807) is 18.2 Å². The molecule has 1 aromatic heterocycles. The van der Waals surface area contributed by atoms with Crippen molar-refractivity contribution < 1.29 is 29.3 Å². The van der Waals surface area contributed by atoms with Crippen LogP contribution in [0.1, 0.15) is 26.3 Å². The van der Waals surface area contributed by atoms with Crippen LogP contribution in [0.15, 0.2) is 53.3 Å². The van der Waals surface area contributed by atoms with Crippen molar-refractivity contribution >= 4 is 29.4 Å². The maximum Gasteiger partial charge on any atom is 0.342 e. The summed E-state index contributed by atoms with van der Waals surface area (Å²) in [6, 6.07) is 12.9. The van der Waals surface area contributed by atoms with E-state index in [0.29, 0.717) is 5.69 Å². The number of aromatic amines is 1. The van der Waals surface area contributed by atoms with Gasteiger partial charge < -0.3 is 31.0 Å². The molecule has 10 nitrogen and oxygen atoms in total. The zero-order valence-electron chi connectivity index (χ0n) is 16.8. The summed E-state index contributed by atoms with van der Waals surface area (Å²) < 4.78 is 5.55. The number of carboxylic acids is 2. The summed E-state index contributed by atoms with van der Waals surface area (Å²) in [7, 11) is 0. The maximum atomic E-state index is 12.3. The lowest BCUT2D eigenvalue weighted by Crippen LogP contribution is -2.24. The van der Waals surface area contributed by atoms with Crippen LogP contribution in [0, 0.1) is 6.92 Å². The Bertz CT molecular complexity index is 1260. The second-order valence-electron chi connectivity index (χ2n) is 6.80. The molecular weight excluding hydrogens is 418 g/mol. The van der Waals surface area contributed by atoms with Crippen LogP contribution >= 0.6 is 0 Å². The van der Waals surface area contributed by atoms with Crippen LogP contribution < -0.4 is 21.3 Å². The van der Waals surface area contributed by atoms with Crippen molar-refractivity contribution in [2.75, 3.05) is 17.7 Å². The number of nitrogens with one attached hydrogen (secondary N) is 2. The number of nitrogen functional groups attached to an aromatic ring is 1. The van der Waals surface area contributed by atoms with Gasteiger partial charge >= 0.3 is 11.9 Å². The highest BCUT2D eigenvalue weighted by molar-refractivity contribution is 6.08. The van der Waals surface area contributed by atoms with Gasteiger partial charge in [0.15, 0.2) is 6.61 Å². The Labute approximate surface area is 181 Å². The summed E-state index contributed by atoms with van der Waals surface area (Å²) in [5.74, 6) is -4.18. The third-order valence-corrected chi connectivity index (χ3v) is 4.52. The van der Waals surface area contributed by atoms with Crippen molar-refractivity contribution in [1.29, 1.82) is 0 Å². The molecule has 3 rings (SSSR count). The van der Waals surface area contributed by atoms with Crippen molar-refractivity contribution in [3.05, 3.63) is 75.6 Å². The van der Waals surface area contributed by atoms with Gasteiger partial charge in [-0.25, -0.2) is 9.59 Å². The number of hydrogen-bond acceptors (Lipinski definition) is 6. The molecule has 0 bridgehead atoms. The first kappa shape index (κ1) is 22.1. The van der Waals surface area contributed by atoms with Gasteiger partial charge in [-0.15, -0.1) is 0 Å². The van der Waals surface area contributed by atoms with Crippen molar-refractivity contribution in [3.8, 4) is 16.9 Å². The SMILES string of the molecule is Cc1ccc(NC(=O)COc2ccccc2-c2c(C(=O)O)c(N)[nH]c(=O)c2C(=O)O)cc1. The number of pyridine rings is 1. The molecule has 0 fully saturated rings. The lowest BCUT2D eigenvalue weighted by Gasteiger charge is -2.16. The van der Waals surface area contributed by atoms with Gasteiger partial charge in [-0.2, -0.15) is 0 Å². The van der Waals surface area contributed by atoms with Crippen LogP contribution in [0.5, 0.6) is 5.75 Å². The minimum atomic E-state index is -1.64. The molecule has 0 saturated heterocycles. The molecule has 1 amide bonds. The smallest absolute Gasteiger partial charge is 0.342 e. The molecule has 0 spiro atoms. The molecule has 0 radical (unpaired) electrons. The van der Waals surface area contributed by atoms with Crippen molar-refractivity contribution in [3.63, 3.8) is 0 Å². The molecule has 164 valence electrons. The molecule has 32 heavy (non-hydrogen) atoms. The second kappa shape index (κ2) is 9.04. The number of aromatic carboxylic acids is 2. The molecule has 0 aliphatic carbocycles. The van der Waals surface area contributed by atoms with Crippen LogP contribution in [0.3, 0.4) is 0 Å². The molecule has 0 atom stereocenters. The minimum absolute atomic E-state index is 0.00144. The van der Waals surface area contributed by atoms with E-state index < -0.39 is 52.5 Å². The number of nitrogens with two attached hydrogens (primary N) is 1. The van der Waals surface area contributed by atoms with Crippen molar-refractivity contribution in [2.45, 2.75) is 6.92 Å². The van der Waals surface area contributed by atoms with Gasteiger partial charge in [0.2, 0.25) is 0 Å². The van der Waals surface area contributed by atoms with E-state index >= 15 is 0 Å². The molecule has 0 unspecified atom stereocenters. The third kappa shape index (κ3) is 4.59. The molecule has 3 aromatic rings. The van der Waals surface area contributed by atoms with Crippen LogP contribution in [0.25, 0.3) is 11.1 Å². The summed E-state index contributed by atoms with van der Waals surface area (Å²) in [5.41, 5.74) is 4.34. The predicted octanol–water partition coefficient (Wildman–Crippen LogP) is 2.35. The zero-order chi connectivity index (χ0) is 23.4. The molecular formula is C22H19N3O7. The van der Waals surface area contributed by atoms with E-state index in [0.717, 1.165) is 5.56 Å². The number of benzene rings is 2. The Morgan fingerprint density at radius 2 is 1.62 bits per heavy atom. The highest BCUT2D eigenvalue weighted by Gasteiger charge is 2.28. The average molecular weight is 437 g/mol. The van der Waals surface area contributed by atoms with Gasteiger partial charge in [-0.3, -0.25) is 9.59 Å². The number of hydrogen-bond donors (Lipinski definition) is 5. The van der Waals surface area contributed by atoms with Gasteiger partial charge in [0.25, 0.3) is 11.5 Å². The zero-order valence-corrected chi connectivity index (χ0v) is 16.8. The summed E-state index contributed by atoms with van der Waals surface area (Å²) >= 11 is 0. The molecule has 0 aliphatic rings. The molecule has 1 heterocycles. The number of rotatable bonds is 7. The van der Waals surface area contributed by atoms with E-state index in [4.69, 9.17) is 10.5 Å². The number of ether oxygens (including phenoxy) is 1. The number of aromatic nitrogens is 1. The molecule has 0 saturated carbocycles. The number of para-hydroxylation sites is 1. The highest BCUT2D eigenvalue weighted by atomic mass is 16.5.